The lowest BCUT2D eigenvalue weighted by Gasteiger charge is -2.40. The minimum Gasteiger partial charge on any atom is -0.459 e. The van der Waals surface area contributed by atoms with E-state index >= 15 is 0 Å². The molecule has 3 saturated carbocycles. The predicted octanol–water partition coefficient (Wildman–Crippen LogP) is 9.62. The summed E-state index contributed by atoms with van der Waals surface area (Å²) >= 11 is 8.78. The summed E-state index contributed by atoms with van der Waals surface area (Å²) in [6.07, 6.45) is 11.1. The third-order valence-electron chi connectivity index (χ3n) is 10.1. The molecule has 0 bridgehead atoms. The lowest BCUT2D eigenvalue weighted by Crippen LogP contribution is -2.35. The Bertz CT molecular complexity index is 1310. The Hall–Kier alpha value is -1.87. The molecule has 0 spiro atoms. The molecular formula is C36H48ClIN2O4. The quantitative estimate of drug-likeness (QED) is 0.0894. The van der Waals surface area contributed by atoms with Gasteiger partial charge in [-0.15, -0.1) is 0 Å². The van der Waals surface area contributed by atoms with Gasteiger partial charge < -0.3 is 14.9 Å². The van der Waals surface area contributed by atoms with Gasteiger partial charge in [-0.3, -0.25) is 9.59 Å². The van der Waals surface area contributed by atoms with Crippen molar-refractivity contribution in [1.29, 1.82) is 0 Å². The highest BCUT2D eigenvalue weighted by Crippen LogP contribution is 2.52. The second-order valence-electron chi connectivity index (χ2n) is 14.3. The summed E-state index contributed by atoms with van der Waals surface area (Å²) in [6.45, 7) is 12.6. The van der Waals surface area contributed by atoms with Crippen LogP contribution in [0, 0.1) is 35.5 Å². The summed E-state index contributed by atoms with van der Waals surface area (Å²) in [7, 11) is 0. The fourth-order valence-electron chi connectivity index (χ4n) is 6.99. The van der Waals surface area contributed by atoms with Gasteiger partial charge in [-0.1, -0.05) is 77.8 Å². The summed E-state index contributed by atoms with van der Waals surface area (Å²) in [5, 5.41) is 7.95. The highest BCUT2D eigenvalue weighted by atomic mass is 127. The molecule has 240 valence electrons. The number of nitrogens with one attached hydrogen (secondary N) is 1. The molecule has 0 radical (unpaired) electrons. The van der Waals surface area contributed by atoms with Gasteiger partial charge in [0.15, 0.2) is 0 Å². The van der Waals surface area contributed by atoms with Crippen LogP contribution in [0.25, 0.3) is 0 Å². The second kappa shape index (κ2) is 14.3. The first kappa shape index (κ1) is 33.5. The number of rotatable bonds is 14. The van der Waals surface area contributed by atoms with E-state index in [1.807, 2.05) is 38.3 Å². The smallest absolute Gasteiger partial charge is 0.306 e. The van der Waals surface area contributed by atoms with Crippen LogP contribution in [0.2, 0.25) is 5.02 Å². The average molecular weight is 735 g/mol. The normalized spacial score (nSPS) is 26.3. The maximum Gasteiger partial charge on any atom is 0.306 e. The molecule has 1 amide bonds. The zero-order valence-corrected chi connectivity index (χ0v) is 29.6. The van der Waals surface area contributed by atoms with Crippen molar-refractivity contribution in [3.8, 4) is 0 Å². The number of alkyl halides is 1. The Balaban J connectivity index is 1.36. The minimum absolute atomic E-state index is 0.130. The van der Waals surface area contributed by atoms with E-state index in [2.05, 4.69) is 53.5 Å². The number of nitrogens with zero attached hydrogens (tertiary/aromatic N) is 1. The number of allylic oxidation sites excluding steroid dienone is 3. The Morgan fingerprint density at radius 2 is 1.95 bits per heavy atom. The molecule has 1 N–H and O–H groups in total. The predicted molar refractivity (Wildman–Crippen MR) is 186 cm³/mol. The molecule has 1 aromatic rings. The highest BCUT2D eigenvalue weighted by Gasteiger charge is 2.45. The standard InChI is InChI=1S/C36H48ClIN2O4/c1-6-21(2)13-23-14-27(15-23)35-34(24-8-9-24)29(19-39-44-35)26(18-33(42)43-36(4,5)20-38)17-32(41)40-31-16-25(10-12-30(31)37)28-11-7-22(28)3/h10,12,16,19,21,23-24,26-29H,3,6-9,11,13-15,17-18,20H2,1-2,4-5H3,(H,40,41). The van der Waals surface area contributed by atoms with Crippen LogP contribution >= 0.6 is 34.2 Å². The summed E-state index contributed by atoms with van der Waals surface area (Å²) < 4.78 is 6.56. The van der Waals surface area contributed by atoms with Crippen LogP contribution in [0.1, 0.15) is 103 Å². The van der Waals surface area contributed by atoms with Crippen LogP contribution in [0.4, 0.5) is 5.69 Å². The first-order valence-electron chi connectivity index (χ1n) is 16.5. The highest BCUT2D eigenvalue weighted by molar-refractivity contribution is 14.1. The Kier molecular flexibility index (Phi) is 10.9. The number of hydrogen-bond donors (Lipinski definition) is 1. The average Bonchev–Trinajstić information content (AvgIpc) is 3.80. The molecule has 1 aliphatic heterocycles. The topological polar surface area (TPSA) is 77.0 Å². The number of oxime groups is 1. The van der Waals surface area contributed by atoms with E-state index in [9.17, 15) is 9.59 Å². The number of carbonyl (C=O) groups excluding carboxylic acids is 2. The first-order chi connectivity index (χ1) is 21.0. The third kappa shape index (κ3) is 8.09. The number of carbonyl (C=O) groups is 2. The zero-order valence-electron chi connectivity index (χ0n) is 26.7. The maximum absolute atomic E-state index is 13.7. The van der Waals surface area contributed by atoms with Crippen molar-refractivity contribution in [1.82, 2.24) is 0 Å². The van der Waals surface area contributed by atoms with Crippen molar-refractivity contribution in [2.24, 2.45) is 40.7 Å². The Morgan fingerprint density at radius 1 is 1.20 bits per heavy atom. The lowest BCUT2D eigenvalue weighted by atomic mass is 9.67. The lowest BCUT2D eigenvalue weighted by molar-refractivity contribution is -0.155. The third-order valence-corrected chi connectivity index (χ3v) is 12.2. The molecule has 1 aromatic carbocycles. The zero-order chi connectivity index (χ0) is 31.6. The van der Waals surface area contributed by atoms with Crippen LogP contribution in [-0.4, -0.2) is 28.1 Å². The van der Waals surface area contributed by atoms with Crippen molar-refractivity contribution < 1.29 is 19.2 Å². The largest absolute Gasteiger partial charge is 0.459 e. The summed E-state index contributed by atoms with van der Waals surface area (Å²) in [5.41, 5.74) is 3.61. The Labute approximate surface area is 281 Å². The van der Waals surface area contributed by atoms with E-state index in [1.54, 1.807) is 0 Å². The van der Waals surface area contributed by atoms with E-state index in [1.165, 1.54) is 24.0 Å². The second-order valence-corrected chi connectivity index (χ2v) is 15.5. The van der Waals surface area contributed by atoms with Gasteiger partial charge in [0.1, 0.15) is 11.4 Å². The number of amides is 1. The molecular weight excluding hydrogens is 687 g/mol. The van der Waals surface area contributed by atoms with Crippen molar-refractivity contribution in [2.75, 3.05) is 9.74 Å². The van der Waals surface area contributed by atoms with Gasteiger partial charge in [-0.2, -0.15) is 0 Å². The molecule has 44 heavy (non-hydrogen) atoms. The van der Waals surface area contributed by atoms with E-state index < -0.39 is 5.60 Å². The van der Waals surface area contributed by atoms with E-state index in [4.69, 9.17) is 21.2 Å². The van der Waals surface area contributed by atoms with E-state index in [-0.39, 0.29) is 36.6 Å². The van der Waals surface area contributed by atoms with Gasteiger partial charge in [0.2, 0.25) is 5.91 Å². The van der Waals surface area contributed by atoms with Crippen LogP contribution in [0.15, 0.2) is 46.8 Å². The van der Waals surface area contributed by atoms with Crippen LogP contribution in [0.5, 0.6) is 0 Å². The Morgan fingerprint density at radius 3 is 2.57 bits per heavy atom. The van der Waals surface area contributed by atoms with Crippen molar-refractivity contribution in [3.63, 3.8) is 0 Å². The molecule has 0 saturated heterocycles. The molecule has 0 aromatic heterocycles. The minimum atomic E-state index is -0.579. The van der Waals surface area contributed by atoms with Gasteiger partial charge in [0, 0.05) is 35.0 Å². The molecule has 4 unspecified atom stereocenters. The number of ether oxygens (including phenoxy) is 1. The molecule has 4 aliphatic rings. The van der Waals surface area contributed by atoms with Gasteiger partial charge in [-0.05, 0) is 106 Å². The fourth-order valence-corrected chi connectivity index (χ4v) is 7.31. The van der Waals surface area contributed by atoms with Crippen molar-refractivity contribution in [3.05, 3.63) is 52.3 Å². The molecule has 5 rings (SSSR count). The number of anilines is 1. The summed E-state index contributed by atoms with van der Waals surface area (Å²) in [6, 6.07) is 5.83. The van der Waals surface area contributed by atoms with Crippen LogP contribution in [-0.2, 0) is 19.2 Å². The number of halogens is 2. The number of hydrogen-bond acceptors (Lipinski definition) is 5. The van der Waals surface area contributed by atoms with Gasteiger partial charge in [0.25, 0.3) is 0 Å². The summed E-state index contributed by atoms with van der Waals surface area (Å²) in [5.74, 6) is 2.63. The maximum atomic E-state index is 13.7. The fraction of sp³-hybridized carbons (Fsp3) is 0.639. The first-order valence-corrected chi connectivity index (χ1v) is 18.4. The SMILES string of the molecule is C=C1CCC1c1ccc(Cl)c(NC(=O)CC(CC(=O)OC(C)(C)CI)C2C=NOC(C3CC(CC(C)CC)C3)=C2C2CC2)c1. The van der Waals surface area contributed by atoms with Crippen molar-refractivity contribution in [2.45, 2.75) is 103 Å². The monoisotopic (exact) mass is 734 g/mol. The van der Waals surface area contributed by atoms with Gasteiger partial charge in [-0.25, -0.2) is 0 Å². The molecule has 3 fully saturated rings. The molecule has 4 atom stereocenters. The number of benzene rings is 1. The van der Waals surface area contributed by atoms with Crippen LogP contribution < -0.4 is 5.32 Å². The molecule has 3 aliphatic carbocycles. The molecule has 8 heteroatoms. The van der Waals surface area contributed by atoms with E-state index in [0.29, 0.717) is 32.9 Å². The molecule has 6 nitrogen and oxygen atoms in total. The van der Waals surface area contributed by atoms with Crippen molar-refractivity contribution >= 4 is 58.0 Å². The van der Waals surface area contributed by atoms with Gasteiger partial charge >= 0.3 is 5.97 Å². The van der Waals surface area contributed by atoms with Crippen LogP contribution in [0.3, 0.4) is 0 Å². The van der Waals surface area contributed by atoms with E-state index in [0.717, 1.165) is 61.7 Å². The van der Waals surface area contributed by atoms with Gasteiger partial charge in [0.05, 0.1) is 16.9 Å². The molecule has 1 heterocycles. The number of esters is 1. The summed E-state index contributed by atoms with van der Waals surface area (Å²) in [4.78, 5) is 33.1.